The van der Waals surface area contributed by atoms with Gasteiger partial charge in [0.05, 0.1) is 12.8 Å². The number of nitrogen functional groups attached to an aromatic ring is 1. The average Bonchev–Trinajstić information content (AvgIpc) is 3.42. The van der Waals surface area contributed by atoms with Gasteiger partial charge >= 0.3 is 0 Å². The minimum Gasteiger partial charge on any atom is -0.482 e. The van der Waals surface area contributed by atoms with Crippen molar-refractivity contribution in [2.45, 2.75) is 32.7 Å². The molecule has 5 rings (SSSR count). The Bertz CT molecular complexity index is 1250. The highest BCUT2D eigenvalue weighted by molar-refractivity contribution is 5.87. The largest absolute Gasteiger partial charge is 0.482 e. The normalized spacial score (nSPS) is 14.0. The molecule has 2 N–H and O–H groups in total. The second-order valence-electron chi connectivity index (χ2n) is 7.64. The molecule has 4 heterocycles. The van der Waals surface area contributed by atoms with E-state index >= 15 is 0 Å². The van der Waals surface area contributed by atoms with Crippen molar-refractivity contribution in [2.75, 3.05) is 12.8 Å². The van der Waals surface area contributed by atoms with Gasteiger partial charge in [0.25, 0.3) is 0 Å². The van der Waals surface area contributed by atoms with Gasteiger partial charge in [-0.15, -0.1) is 0 Å². The van der Waals surface area contributed by atoms with Crippen LogP contribution in [0.3, 0.4) is 0 Å². The van der Waals surface area contributed by atoms with Crippen molar-refractivity contribution in [2.24, 2.45) is 5.92 Å². The fourth-order valence-electron chi connectivity index (χ4n) is 3.89. The van der Waals surface area contributed by atoms with Gasteiger partial charge in [-0.1, -0.05) is 6.92 Å². The van der Waals surface area contributed by atoms with Crippen molar-refractivity contribution >= 4 is 28.8 Å². The number of aldehydes is 1. The maximum absolute atomic E-state index is 11.3. The maximum Gasteiger partial charge on any atom is 0.201 e. The smallest absolute Gasteiger partial charge is 0.201 e. The molecule has 0 bridgehead atoms. The topological polar surface area (TPSA) is 87.4 Å². The van der Waals surface area contributed by atoms with Crippen LogP contribution in [0.15, 0.2) is 30.3 Å². The number of carbonyl (C=O) groups excluding carboxylic acids is 1. The number of fused-ring (bicyclic) bond motifs is 2. The SMILES string of the molecule is CCc1ccc2cc(-c3nc4cc(C=O)cc(OC)n4c3N)n(CC3CC3)c2n1. The first kappa shape index (κ1) is 17.7. The zero-order chi connectivity index (χ0) is 20.1. The molecule has 1 aliphatic carbocycles. The summed E-state index contributed by atoms with van der Waals surface area (Å²) in [6, 6.07) is 9.67. The molecule has 29 heavy (non-hydrogen) atoms. The zero-order valence-electron chi connectivity index (χ0n) is 16.6. The third-order valence-electron chi connectivity index (χ3n) is 5.63. The van der Waals surface area contributed by atoms with E-state index < -0.39 is 0 Å². The Morgan fingerprint density at radius 3 is 2.76 bits per heavy atom. The number of ether oxygens (including phenoxy) is 1. The lowest BCUT2D eigenvalue weighted by molar-refractivity contribution is 0.112. The average molecular weight is 389 g/mol. The predicted octanol–water partition coefficient (Wildman–Crippen LogP) is 3.73. The zero-order valence-corrected chi connectivity index (χ0v) is 16.6. The molecule has 0 atom stereocenters. The quantitative estimate of drug-likeness (QED) is 0.508. The van der Waals surface area contributed by atoms with Gasteiger partial charge in [0.2, 0.25) is 5.88 Å². The van der Waals surface area contributed by atoms with Crippen molar-refractivity contribution < 1.29 is 9.53 Å². The van der Waals surface area contributed by atoms with Gasteiger partial charge < -0.3 is 15.0 Å². The van der Waals surface area contributed by atoms with Crippen LogP contribution in [0.4, 0.5) is 5.82 Å². The van der Waals surface area contributed by atoms with Crippen molar-refractivity contribution in [3.8, 4) is 17.3 Å². The highest BCUT2D eigenvalue weighted by Crippen LogP contribution is 2.37. The third kappa shape index (κ3) is 2.85. The van der Waals surface area contributed by atoms with Crippen LogP contribution in [0.25, 0.3) is 28.1 Å². The molecule has 0 amide bonds. The Morgan fingerprint density at radius 2 is 2.07 bits per heavy atom. The molecule has 1 saturated carbocycles. The monoisotopic (exact) mass is 389 g/mol. The second-order valence-corrected chi connectivity index (χ2v) is 7.64. The second kappa shape index (κ2) is 6.62. The fourth-order valence-corrected chi connectivity index (χ4v) is 3.89. The molecule has 7 heteroatoms. The Hall–Kier alpha value is -3.35. The Labute approximate surface area is 168 Å². The van der Waals surface area contributed by atoms with Crippen LogP contribution in [-0.4, -0.2) is 32.3 Å². The minimum atomic E-state index is 0.483. The summed E-state index contributed by atoms with van der Waals surface area (Å²) in [7, 11) is 1.56. The van der Waals surface area contributed by atoms with Crippen molar-refractivity contribution in [1.29, 1.82) is 0 Å². The predicted molar refractivity (Wildman–Crippen MR) is 112 cm³/mol. The van der Waals surface area contributed by atoms with Crippen molar-refractivity contribution in [1.82, 2.24) is 18.9 Å². The number of pyridine rings is 2. The lowest BCUT2D eigenvalue weighted by Crippen LogP contribution is -2.05. The highest BCUT2D eigenvalue weighted by atomic mass is 16.5. The number of hydrogen-bond acceptors (Lipinski definition) is 5. The summed E-state index contributed by atoms with van der Waals surface area (Å²) in [5.74, 6) is 1.65. The van der Waals surface area contributed by atoms with E-state index in [9.17, 15) is 4.79 Å². The number of aryl methyl sites for hydroxylation is 1. The van der Waals surface area contributed by atoms with Crippen LogP contribution in [0.5, 0.6) is 5.88 Å². The molecule has 148 valence electrons. The van der Waals surface area contributed by atoms with Crippen LogP contribution in [0.2, 0.25) is 0 Å². The molecule has 0 radical (unpaired) electrons. The molecular weight excluding hydrogens is 366 g/mol. The van der Waals surface area contributed by atoms with E-state index in [1.54, 1.807) is 23.6 Å². The maximum atomic E-state index is 11.3. The number of anilines is 1. The summed E-state index contributed by atoms with van der Waals surface area (Å²) in [6.07, 6.45) is 4.16. The number of nitrogens with zero attached hydrogens (tertiary/aromatic N) is 4. The molecule has 0 aromatic carbocycles. The fraction of sp³-hybridized carbons (Fsp3) is 0.318. The molecule has 1 fully saturated rings. The van der Waals surface area contributed by atoms with Gasteiger partial charge in [0, 0.05) is 29.3 Å². The first-order valence-corrected chi connectivity index (χ1v) is 9.93. The summed E-state index contributed by atoms with van der Waals surface area (Å²) < 4.78 is 9.45. The summed E-state index contributed by atoms with van der Waals surface area (Å²) in [4.78, 5) is 21.0. The van der Waals surface area contributed by atoms with Crippen LogP contribution >= 0.6 is 0 Å². The molecular formula is C22H23N5O2. The molecule has 4 aromatic rings. The van der Waals surface area contributed by atoms with Crippen LogP contribution in [-0.2, 0) is 13.0 Å². The van der Waals surface area contributed by atoms with Gasteiger partial charge in [0.15, 0.2) is 0 Å². The number of imidazole rings is 1. The lowest BCUT2D eigenvalue weighted by atomic mass is 10.2. The summed E-state index contributed by atoms with van der Waals surface area (Å²) in [6.45, 7) is 3.02. The number of hydrogen-bond donors (Lipinski definition) is 1. The molecule has 4 aromatic heterocycles. The van der Waals surface area contributed by atoms with Crippen molar-refractivity contribution in [3.05, 3.63) is 41.6 Å². The summed E-state index contributed by atoms with van der Waals surface area (Å²) >= 11 is 0. The van der Waals surface area contributed by atoms with E-state index in [1.165, 1.54) is 12.8 Å². The molecule has 0 spiro atoms. The van der Waals surface area contributed by atoms with Gasteiger partial charge in [0.1, 0.15) is 29.1 Å². The Balaban J connectivity index is 1.77. The standard InChI is InChI=1S/C22H23N5O2/c1-3-16-7-6-15-10-17(26(22(15)24-16)11-13-4-5-13)20-21(23)27-18(25-20)8-14(12-28)9-19(27)29-2/h6-10,12-13H,3-5,11,23H2,1-2H3. The number of rotatable bonds is 6. The van der Waals surface area contributed by atoms with E-state index in [2.05, 4.69) is 29.7 Å². The van der Waals surface area contributed by atoms with Gasteiger partial charge in [-0.05, 0) is 49.4 Å². The van der Waals surface area contributed by atoms with Crippen LogP contribution in [0.1, 0.15) is 35.8 Å². The number of methoxy groups -OCH3 is 1. The van der Waals surface area contributed by atoms with Crippen LogP contribution in [0, 0.1) is 5.92 Å². The molecule has 7 nitrogen and oxygen atoms in total. The van der Waals surface area contributed by atoms with E-state index in [4.69, 9.17) is 20.4 Å². The third-order valence-corrected chi connectivity index (χ3v) is 5.63. The lowest BCUT2D eigenvalue weighted by Gasteiger charge is -2.10. The number of carbonyl (C=O) groups is 1. The number of aromatic nitrogens is 4. The number of nitrogens with two attached hydrogens (primary N) is 1. The highest BCUT2D eigenvalue weighted by Gasteiger charge is 2.26. The molecule has 0 unspecified atom stereocenters. The van der Waals surface area contributed by atoms with E-state index in [0.29, 0.717) is 34.5 Å². The van der Waals surface area contributed by atoms with E-state index in [0.717, 1.165) is 41.7 Å². The summed E-state index contributed by atoms with van der Waals surface area (Å²) in [5.41, 5.74) is 11.3. The van der Waals surface area contributed by atoms with E-state index in [-0.39, 0.29) is 0 Å². The first-order chi connectivity index (χ1) is 14.1. The van der Waals surface area contributed by atoms with Gasteiger partial charge in [-0.25, -0.2) is 14.4 Å². The first-order valence-electron chi connectivity index (χ1n) is 9.93. The van der Waals surface area contributed by atoms with Crippen molar-refractivity contribution in [3.63, 3.8) is 0 Å². The minimum absolute atomic E-state index is 0.483. The van der Waals surface area contributed by atoms with Crippen LogP contribution < -0.4 is 10.5 Å². The Kier molecular flexibility index (Phi) is 4.04. The van der Waals surface area contributed by atoms with Gasteiger partial charge in [-0.2, -0.15) is 0 Å². The molecule has 0 aliphatic heterocycles. The molecule has 0 saturated heterocycles. The van der Waals surface area contributed by atoms with E-state index in [1.807, 2.05) is 0 Å². The summed E-state index contributed by atoms with van der Waals surface area (Å²) in [5, 5.41) is 1.08. The molecule has 1 aliphatic rings. The van der Waals surface area contributed by atoms with Gasteiger partial charge in [-0.3, -0.25) is 4.79 Å². The Morgan fingerprint density at radius 1 is 1.24 bits per heavy atom.